The van der Waals surface area contributed by atoms with Crippen molar-refractivity contribution in [3.63, 3.8) is 0 Å². The number of anilines is 2. The quantitative estimate of drug-likeness (QED) is 0.484. The first-order valence-electron chi connectivity index (χ1n) is 8.17. The average Bonchev–Trinajstić information content (AvgIpc) is 3.08. The molecule has 2 N–H and O–H groups in total. The summed E-state index contributed by atoms with van der Waals surface area (Å²) in [5.74, 6) is 0.416. The van der Waals surface area contributed by atoms with E-state index in [4.69, 9.17) is 0 Å². The molecule has 0 aliphatic carbocycles. The summed E-state index contributed by atoms with van der Waals surface area (Å²) in [4.78, 5) is 22.7. The molecule has 0 fully saturated rings. The zero-order chi connectivity index (χ0) is 19.2. The van der Waals surface area contributed by atoms with Gasteiger partial charge < -0.3 is 10.6 Å². The van der Waals surface area contributed by atoms with E-state index in [1.807, 2.05) is 6.07 Å². The normalized spacial score (nSPS) is 10.4. The van der Waals surface area contributed by atoms with Crippen LogP contribution in [-0.2, 0) is 4.79 Å². The molecule has 1 heterocycles. The summed E-state index contributed by atoms with van der Waals surface area (Å²) in [6.07, 6.45) is 0.153. The second-order valence-electron chi connectivity index (χ2n) is 5.69. The second kappa shape index (κ2) is 8.04. The number of nitrogens with one attached hydrogen (secondary N) is 2. The van der Waals surface area contributed by atoms with Crippen molar-refractivity contribution in [2.75, 3.05) is 17.2 Å². The van der Waals surface area contributed by atoms with Gasteiger partial charge in [-0.15, -0.1) is 5.10 Å². The second-order valence-corrected chi connectivity index (χ2v) is 5.69. The highest BCUT2D eigenvalue weighted by Gasteiger charge is 2.12. The summed E-state index contributed by atoms with van der Waals surface area (Å²) in [6.45, 7) is 2.04. The first-order chi connectivity index (χ1) is 13.0. The number of nitro groups is 1. The number of tetrazole rings is 1. The van der Waals surface area contributed by atoms with Gasteiger partial charge in [-0.25, -0.2) is 0 Å². The Hall–Kier alpha value is -3.82. The minimum atomic E-state index is -0.463. The van der Waals surface area contributed by atoms with Crippen molar-refractivity contribution in [2.24, 2.45) is 0 Å². The lowest BCUT2D eigenvalue weighted by atomic mass is 10.2. The Morgan fingerprint density at radius 1 is 1.22 bits per heavy atom. The van der Waals surface area contributed by atoms with Gasteiger partial charge in [-0.3, -0.25) is 14.9 Å². The van der Waals surface area contributed by atoms with E-state index in [0.29, 0.717) is 17.2 Å². The third kappa shape index (κ3) is 4.42. The van der Waals surface area contributed by atoms with E-state index in [2.05, 4.69) is 26.2 Å². The van der Waals surface area contributed by atoms with E-state index in [1.54, 1.807) is 48.0 Å². The maximum absolute atomic E-state index is 12.2. The van der Waals surface area contributed by atoms with E-state index in [1.165, 1.54) is 6.07 Å². The molecule has 0 saturated heterocycles. The number of carbonyl (C=O) groups is 1. The molecule has 1 amide bonds. The minimum Gasteiger partial charge on any atom is -0.379 e. The van der Waals surface area contributed by atoms with E-state index in [9.17, 15) is 14.9 Å². The van der Waals surface area contributed by atoms with Crippen LogP contribution in [0.25, 0.3) is 5.69 Å². The van der Waals surface area contributed by atoms with Crippen molar-refractivity contribution in [1.82, 2.24) is 20.2 Å². The third-order valence-corrected chi connectivity index (χ3v) is 3.77. The molecule has 0 unspecified atom stereocenters. The third-order valence-electron chi connectivity index (χ3n) is 3.77. The average molecular weight is 367 g/mol. The van der Waals surface area contributed by atoms with Gasteiger partial charge in [0.25, 0.3) is 5.69 Å². The van der Waals surface area contributed by atoms with Crippen LogP contribution in [0.1, 0.15) is 12.2 Å². The maximum atomic E-state index is 12.2. The van der Waals surface area contributed by atoms with Crippen LogP contribution in [0.2, 0.25) is 0 Å². The van der Waals surface area contributed by atoms with Crippen LogP contribution >= 0.6 is 0 Å². The summed E-state index contributed by atoms with van der Waals surface area (Å²) in [6, 6.07) is 13.4. The predicted octanol–water partition coefficient (Wildman–Crippen LogP) is 2.32. The molecule has 0 aliphatic heterocycles. The first-order valence-corrected chi connectivity index (χ1v) is 8.17. The van der Waals surface area contributed by atoms with Crippen LogP contribution in [0, 0.1) is 17.0 Å². The standard InChI is InChI=1S/C17H17N7O3/c1-12-20-21-22-23(12)14-6-4-5-13(11-14)19-17(25)9-10-18-15-7-2-3-8-16(15)24(26)27/h2-8,11,18H,9-10H2,1H3,(H,19,25). The largest absolute Gasteiger partial charge is 0.379 e. The maximum Gasteiger partial charge on any atom is 0.292 e. The first kappa shape index (κ1) is 18.0. The molecule has 0 saturated carbocycles. The van der Waals surface area contributed by atoms with E-state index in [-0.39, 0.29) is 24.6 Å². The Balaban J connectivity index is 1.58. The number of benzene rings is 2. The number of para-hydroxylation sites is 2. The van der Waals surface area contributed by atoms with Gasteiger partial charge in [0.05, 0.1) is 10.6 Å². The number of aryl methyl sites for hydroxylation is 1. The van der Waals surface area contributed by atoms with Crippen LogP contribution < -0.4 is 10.6 Å². The lowest BCUT2D eigenvalue weighted by Gasteiger charge is -2.09. The van der Waals surface area contributed by atoms with Crippen molar-refractivity contribution in [3.05, 3.63) is 64.5 Å². The Labute approximate surface area is 154 Å². The molecule has 0 spiro atoms. The minimum absolute atomic E-state index is 0.0255. The van der Waals surface area contributed by atoms with Crippen molar-refractivity contribution < 1.29 is 9.72 Å². The SMILES string of the molecule is Cc1nnnn1-c1cccc(NC(=O)CCNc2ccccc2[N+](=O)[O-])c1. The number of rotatable bonds is 7. The smallest absolute Gasteiger partial charge is 0.292 e. The van der Waals surface area contributed by atoms with Crippen LogP contribution in [0.4, 0.5) is 17.1 Å². The zero-order valence-corrected chi connectivity index (χ0v) is 14.5. The fourth-order valence-corrected chi connectivity index (χ4v) is 2.50. The molecular formula is C17H17N7O3. The molecule has 0 aliphatic rings. The van der Waals surface area contributed by atoms with Crippen molar-refractivity contribution >= 4 is 23.0 Å². The molecule has 27 heavy (non-hydrogen) atoms. The van der Waals surface area contributed by atoms with Gasteiger partial charge >= 0.3 is 0 Å². The summed E-state index contributed by atoms with van der Waals surface area (Å²) < 4.78 is 1.56. The molecule has 138 valence electrons. The summed E-state index contributed by atoms with van der Waals surface area (Å²) in [5, 5.41) is 28.0. The number of amides is 1. The van der Waals surface area contributed by atoms with Crippen LogP contribution in [-0.4, -0.2) is 37.6 Å². The van der Waals surface area contributed by atoms with Gasteiger partial charge in [-0.05, 0) is 41.6 Å². The number of hydrogen-bond donors (Lipinski definition) is 2. The molecule has 3 aromatic rings. The lowest BCUT2D eigenvalue weighted by molar-refractivity contribution is -0.384. The van der Waals surface area contributed by atoms with Gasteiger partial charge in [0.1, 0.15) is 5.69 Å². The van der Waals surface area contributed by atoms with Crippen LogP contribution in [0.15, 0.2) is 48.5 Å². The fraction of sp³-hybridized carbons (Fsp3) is 0.176. The Kier molecular flexibility index (Phi) is 5.36. The Morgan fingerprint density at radius 2 is 2.04 bits per heavy atom. The number of carbonyl (C=O) groups excluding carboxylic acids is 1. The van der Waals surface area contributed by atoms with Crippen LogP contribution in [0.3, 0.4) is 0 Å². The van der Waals surface area contributed by atoms with E-state index in [0.717, 1.165) is 5.69 Å². The monoisotopic (exact) mass is 367 g/mol. The summed E-state index contributed by atoms with van der Waals surface area (Å²) in [5.41, 5.74) is 1.69. The molecule has 3 rings (SSSR count). The van der Waals surface area contributed by atoms with E-state index < -0.39 is 4.92 Å². The molecular weight excluding hydrogens is 350 g/mol. The van der Waals surface area contributed by atoms with Crippen molar-refractivity contribution in [3.8, 4) is 5.69 Å². The topological polar surface area (TPSA) is 128 Å². The number of aromatic nitrogens is 4. The molecule has 1 aromatic heterocycles. The Morgan fingerprint density at radius 3 is 2.78 bits per heavy atom. The van der Waals surface area contributed by atoms with Crippen molar-refractivity contribution in [1.29, 1.82) is 0 Å². The Bertz CT molecular complexity index is 970. The number of nitrogens with zero attached hydrogens (tertiary/aromatic N) is 5. The summed E-state index contributed by atoms with van der Waals surface area (Å²) >= 11 is 0. The molecule has 2 aromatic carbocycles. The zero-order valence-electron chi connectivity index (χ0n) is 14.5. The van der Waals surface area contributed by atoms with Gasteiger partial charge in [0.2, 0.25) is 5.91 Å². The summed E-state index contributed by atoms with van der Waals surface area (Å²) in [7, 11) is 0. The van der Waals surface area contributed by atoms with E-state index >= 15 is 0 Å². The predicted molar refractivity (Wildman–Crippen MR) is 98.7 cm³/mol. The van der Waals surface area contributed by atoms with Gasteiger partial charge in [0, 0.05) is 24.7 Å². The molecule has 10 heteroatoms. The lowest BCUT2D eigenvalue weighted by Crippen LogP contribution is -2.16. The van der Waals surface area contributed by atoms with Gasteiger partial charge in [-0.2, -0.15) is 4.68 Å². The number of nitro benzene ring substituents is 1. The molecule has 0 radical (unpaired) electrons. The van der Waals surface area contributed by atoms with Crippen LogP contribution in [0.5, 0.6) is 0 Å². The molecule has 10 nitrogen and oxygen atoms in total. The van der Waals surface area contributed by atoms with Crippen molar-refractivity contribution in [2.45, 2.75) is 13.3 Å². The molecule has 0 atom stereocenters. The highest BCUT2D eigenvalue weighted by molar-refractivity contribution is 5.91. The molecule has 0 bridgehead atoms. The van der Waals surface area contributed by atoms with Gasteiger partial charge in [0.15, 0.2) is 5.82 Å². The fourth-order valence-electron chi connectivity index (χ4n) is 2.50. The van der Waals surface area contributed by atoms with Gasteiger partial charge in [-0.1, -0.05) is 18.2 Å². The highest BCUT2D eigenvalue weighted by atomic mass is 16.6. The highest BCUT2D eigenvalue weighted by Crippen LogP contribution is 2.23. The number of hydrogen-bond acceptors (Lipinski definition) is 7.